The minimum Gasteiger partial charge on any atom is -0.262 e. The molecule has 0 amide bonds. The van der Waals surface area contributed by atoms with Crippen molar-refractivity contribution < 1.29 is 0 Å². The summed E-state index contributed by atoms with van der Waals surface area (Å²) in [4.78, 5) is 9.35. The summed E-state index contributed by atoms with van der Waals surface area (Å²) in [6.07, 6.45) is 0. The highest BCUT2D eigenvalue weighted by Gasteiger charge is 2.29. The minimum absolute atomic E-state index is 1.08. The average molecular weight is 242 g/mol. The number of aryl methyl sites for hydroxylation is 2. The molecule has 88 valence electrons. The lowest BCUT2D eigenvalue weighted by atomic mass is 10.4. The van der Waals surface area contributed by atoms with E-state index in [1.807, 2.05) is 26.0 Å². The van der Waals surface area contributed by atoms with Crippen LogP contribution in [0.2, 0.25) is 13.1 Å². The second-order valence-corrected chi connectivity index (χ2v) is 9.23. The fourth-order valence-electron chi connectivity index (χ4n) is 1.91. The van der Waals surface area contributed by atoms with E-state index in [0.717, 1.165) is 11.4 Å². The molecular formula is C14H18N2Si. The number of pyridine rings is 2. The molecule has 0 bridgehead atoms. The zero-order valence-electron chi connectivity index (χ0n) is 10.9. The van der Waals surface area contributed by atoms with Crippen LogP contribution in [0.3, 0.4) is 0 Å². The standard InChI is InChI=1S/C14H18N2Si/c1-11-7-5-9-13(15-11)17(3,4)14-10-6-8-12(2)16-14/h5-10H,1-4H3. The van der Waals surface area contributed by atoms with Crippen LogP contribution in [-0.2, 0) is 0 Å². The Kier molecular flexibility index (Phi) is 3.11. The van der Waals surface area contributed by atoms with Gasteiger partial charge in [-0.1, -0.05) is 25.2 Å². The molecule has 0 unspecified atom stereocenters. The van der Waals surface area contributed by atoms with E-state index in [1.54, 1.807) is 0 Å². The van der Waals surface area contributed by atoms with E-state index >= 15 is 0 Å². The lowest BCUT2D eigenvalue weighted by molar-refractivity contribution is 1.21. The number of aromatic nitrogens is 2. The normalized spacial score (nSPS) is 11.5. The van der Waals surface area contributed by atoms with Gasteiger partial charge >= 0.3 is 0 Å². The van der Waals surface area contributed by atoms with Crippen molar-refractivity contribution in [3.8, 4) is 0 Å². The first-order valence-corrected chi connectivity index (χ1v) is 8.88. The Morgan fingerprint density at radius 1 is 0.765 bits per heavy atom. The molecule has 2 aromatic rings. The molecule has 0 aliphatic heterocycles. The molecule has 2 heterocycles. The van der Waals surface area contributed by atoms with Crippen LogP contribution in [0.4, 0.5) is 0 Å². The van der Waals surface area contributed by atoms with Crippen molar-refractivity contribution in [3.63, 3.8) is 0 Å². The summed E-state index contributed by atoms with van der Waals surface area (Å²) in [5.41, 5.74) is 2.16. The van der Waals surface area contributed by atoms with E-state index < -0.39 is 8.07 Å². The lowest BCUT2D eigenvalue weighted by Crippen LogP contribution is -2.55. The predicted molar refractivity (Wildman–Crippen MR) is 74.7 cm³/mol. The minimum atomic E-state index is -1.74. The van der Waals surface area contributed by atoms with Crippen molar-refractivity contribution >= 4 is 18.7 Å². The van der Waals surface area contributed by atoms with Gasteiger partial charge in [-0.25, -0.2) is 0 Å². The smallest absolute Gasteiger partial charge is 0.158 e. The molecule has 0 saturated carbocycles. The second-order valence-electron chi connectivity index (χ2n) is 4.95. The topological polar surface area (TPSA) is 25.8 Å². The molecule has 0 aromatic carbocycles. The first-order valence-electron chi connectivity index (χ1n) is 5.88. The monoisotopic (exact) mass is 242 g/mol. The van der Waals surface area contributed by atoms with Crippen LogP contribution in [0, 0.1) is 13.8 Å². The zero-order chi connectivity index (χ0) is 12.5. The fraction of sp³-hybridized carbons (Fsp3) is 0.286. The Bertz CT molecular complexity index is 488. The molecule has 0 spiro atoms. The summed E-state index contributed by atoms with van der Waals surface area (Å²) in [5.74, 6) is 0. The lowest BCUT2D eigenvalue weighted by Gasteiger charge is -2.21. The largest absolute Gasteiger partial charge is 0.262 e. The van der Waals surface area contributed by atoms with Gasteiger partial charge in [0.05, 0.1) is 0 Å². The third kappa shape index (κ3) is 2.44. The number of nitrogens with zero attached hydrogens (tertiary/aromatic N) is 2. The van der Waals surface area contributed by atoms with Crippen molar-refractivity contribution in [2.24, 2.45) is 0 Å². The first kappa shape index (κ1) is 12.0. The second kappa shape index (κ2) is 4.41. The fourth-order valence-corrected chi connectivity index (χ4v) is 4.11. The molecule has 2 rings (SSSR count). The van der Waals surface area contributed by atoms with Crippen LogP contribution in [0.1, 0.15) is 11.4 Å². The van der Waals surface area contributed by atoms with Crippen LogP contribution in [0.5, 0.6) is 0 Å². The van der Waals surface area contributed by atoms with Gasteiger partial charge in [0.2, 0.25) is 0 Å². The molecular weight excluding hydrogens is 224 g/mol. The van der Waals surface area contributed by atoms with Crippen molar-refractivity contribution in [2.45, 2.75) is 26.9 Å². The summed E-state index contributed by atoms with van der Waals surface area (Å²) in [6, 6.07) is 12.5. The maximum Gasteiger partial charge on any atom is 0.158 e. The highest BCUT2D eigenvalue weighted by molar-refractivity contribution is 6.99. The molecule has 0 aliphatic rings. The van der Waals surface area contributed by atoms with Crippen LogP contribution >= 0.6 is 0 Å². The van der Waals surface area contributed by atoms with Gasteiger partial charge in [-0.15, -0.1) is 0 Å². The first-order chi connectivity index (χ1) is 8.00. The number of hydrogen-bond acceptors (Lipinski definition) is 2. The highest BCUT2D eigenvalue weighted by Crippen LogP contribution is 2.03. The Labute approximate surface area is 104 Å². The molecule has 2 aromatic heterocycles. The molecule has 3 heteroatoms. The predicted octanol–water partition coefficient (Wildman–Crippen LogP) is 1.92. The molecule has 0 saturated heterocycles. The summed E-state index contributed by atoms with van der Waals surface area (Å²) >= 11 is 0. The third-order valence-electron chi connectivity index (χ3n) is 3.06. The van der Waals surface area contributed by atoms with Gasteiger partial charge in [0.15, 0.2) is 8.07 Å². The zero-order valence-corrected chi connectivity index (χ0v) is 11.9. The van der Waals surface area contributed by atoms with Crippen LogP contribution < -0.4 is 10.6 Å². The van der Waals surface area contributed by atoms with Gasteiger partial charge in [0, 0.05) is 22.0 Å². The van der Waals surface area contributed by atoms with E-state index in [4.69, 9.17) is 0 Å². The molecule has 0 N–H and O–H groups in total. The van der Waals surface area contributed by atoms with Crippen molar-refractivity contribution in [1.82, 2.24) is 9.97 Å². The van der Waals surface area contributed by atoms with Crippen LogP contribution in [0.25, 0.3) is 0 Å². The summed E-state index contributed by atoms with van der Waals surface area (Å²) in [5, 5.41) is 2.41. The molecule has 17 heavy (non-hydrogen) atoms. The maximum atomic E-state index is 4.67. The van der Waals surface area contributed by atoms with Gasteiger partial charge in [0.25, 0.3) is 0 Å². The molecule has 0 fully saturated rings. The quantitative estimate of drug-likeness (QED) is 0.752. The highest BCUT2D eigenvalue weighted by atomic mass is 28.3. The Balaban J connectivity index is 2.49. The van der Waals surface area contributed by atoms with E-state index in [9.17, 15) is 0 Å². The summed E-state index contributed by atoms with van der Waals surface area (Å²) in [6.45, 7) is 8.68. The average Bonchev–Trinajstić information content (AvgIpc) is 2.29. The van der Waals surface area contributed by atoms with E-state index in [1.165, 1.54) is 10.6 Å². The molecule has 2 nitrogen and oxygen atoms in total. The van der Waals surface area contributed by atoms with Crippen molar-refractivity contribution in [1.29, 1.82) is 0 Å². The van der Waals surface area contributed by atoms with E-state index in [-0.39, 0.29) is 0 Å². The van der Waals surface area contributed by atoms with Gasteiger partial charge in [0.1, 0.15) is 0 Å². The molecule has 0 aliphatic carbocycles. The number of rotatable bonds is 2. The SMILES string of the molecule is Cc1cccc([Si](C)(C)c2cccc(C)n2)n1. The van der Waals surface area contributed by atoms with Gasteiger partial charge < -0.3 is 0 Å². The van der Waals surface area contributed by atoms with Gasteiger partial charge in [-0.05, 0) is 38.1 Å². The Morgan fingerprint density at radius 3 is 1.53 bits per heavy atom. The van der Waals surface area contributed by atoms with E-state index in [2.05, 4.69) is 47.3 Å². The van der Waals surface area contributed by atoms with Gasteiger partial charge in [-0.3, -0.25) is 9.97 Å². The third-order valence-corrected chi connectivity index (χ3v) is 6.18. The Hall–Kier alpha value is -1.48. The molecule has 0 atom stereocenters. The Morgan fingerprint density at radius 2 is 1.18 bits per heavy atom. The van der Waals surface area contributed by atoms with Gasteiger partial charge in [-0.2, -0.15) is 0 Å². The van der Waals surface area contributed by atoms with Crippen molar-refractivity contribution in [3.05, 3.63) is 47.8 Å². The van der Waals surface area contributed by atoms with E-state index in [0.29, 0.717) is 0 Å². The van der Waals surface area contributed by atoms with Crippen LogP contribution in [-0.4, -0.2) is 18.0 Å². The van der Waals surface area contributed by atoms with Crippen LogP contribution in [0.15, 0.2) is 36.4 Å². The van der Waals surface area contributed by atoms with Crippen molar-refractivity contribution in [2.75, 3.05) is 0 Å². The molecule has 0 radical (unpaired) electrons. The number of hydrogen-bond donors (Lipinski definition) is 0. The maximum absolute atomic E-state index is 4.67. The summed E-state index contributed by atoms with van der Waals surface area (Å²) in [7, 11) is -1.74. The summed E-state index contributed by atoms with van der Waals surface area (Å²) < 4.78 is 0.